The van der Waals surface area contributed by atoms with E-state index in [1.165, 1.54) is 88.5 Å². The van der Waals surface area contributed by atoms with Gasteiger partial charge in [0.25, 0.3) is 5.91 Å². The summed E-state index contributed by atoms with van der Waals surface area (Å²) in [5, 5.41) is 32.8. The summed E-state index contributed by atoms with van der Waals surface area (Å²) in [6.45, 7) is 1.96. The minimum Gasteiger partial charge on any atom is -0.733 e. The van der Waals surface area contributed by atoms with E-state index in [1.807, 2.05) is 0 Å². The molecule has 0 radical (unpaired) electrons. The van der Waals surface area contributed by atoms with E-state index in [4.69, 9.17) is 33.1 Å². The number of nitrogens with one attached hydrogen (secondary N) is 1. The van der Waals surface area contributed by atoms with Gasteiger partial charge in [0.15, 0.2) is 4.84 Å². The molecule has 10 heteroatoms. The number of esters is 1. The van der Waals surface area contributed by atoms with Gasteiger partial charge in [0, 0.05) is 6.42 Å². The van der Waals surface area contributed by atoms with Crippen molar-refractivity contribution in [3.8, 4) is 0 Å². The number of aliphatic hydroxyl groups excluding tert-OH is 1. The Hall–Kier alpha value is -1.58. The molecule has 0 aliphatic heterocycles. The topological polar surface area (TPSA) is 122 Å². The van der Waals surface area contributed by atoms with Gasteiger partial charge in [0.2, 0.25) is 0 Å². The number of hydrogen-bond acceptors (Lipinski definition) is 7. The van der Waals surface area contributed by atoms with Crippen molar-refractivity contribution >= 4 is 40.8 Å². The van der Waals surface area contributed by atoms with Crippen molar-refractivity contribution in [3.63, 3.8) is 0 Å². The molecule has 0 saturated heterocycles. The van der Waals surface area contributed by atoms with Crippen molar-refractivity contribution < 1.29 is 24.6 Å². The summed E-state index contributed by atoms with van der Waals surface area (Å²) in [6, 6.07) is 4.42. The van der Waals surface area contributed by atoms with E-state index in [0.717, 1.165) is 19.3 Å². The normalized spacial score (nSPS) is 12.8. The fraction of sp³-hybridized carbons (Fsp3) is 0.704. The SMILES string of the molecule is CCCCCCCCCCCCCCCC(=O)OCC(NC(=O)C(Cl)Cl)C(O)c1ccc(N([O-])O)cc1. The average Bonchev–Trinajstić information content (AvgIpc) is 2.88. The van der Waals surface area contributed by atoms with Gasteiger partial charge < -0.3 is 25.6 Å². The van der Waals surface area contributed by atoms with Crippen molar-refractivity contribution in [1.29, 1.82) is 0 Å². The quantitative estimate of drug-likeness (QED) is 0.0657. The third-order valence-electron chi connectivity index (χ3n) is 6.27. The van der Waals surface area contributed by atoms with E-state index >= 15 is 0 Å². The Morgan fingerprint density at radius 2 is 1.41 bits per heavy atom. The van der Waals surface area contributed by atoms with Crippen LogP contribution in [0.15, 0.2) is 24.3 Å². The lowest BCUT2D eigenvalue weighted by atomic mass is 10.0. The highest BCUT2D eigenvalue weighted by Crippen LogP contribution is 2.22. The molecule has 1 rings (SSSR count). The van der Waals surface area contributed by atoms with Gasteiger partial charge in [0.05, 0.1) is 11.7 Å². The van der Waals surface area contributed by atoms with E-state index in [1.54, 1.807) is 0 Å². The van der Waals surface area contributed by atoms with Crippen molar-refractivity contribution in [2.75, 3.05) is 11.8 Å². The molecule has 1 amide bonds. The number of alkyl halides is 2. The lowest BCUT2D eigenvalue weighted by Crippen LogP contribution is -2.45. The zero-order chi connectivity index (χ0) is 27.5. The van der Waals surface area contributed by atoms with Crippen LogP contribution in [-0.2, 0) is 14.3 Å². The van der Waals surface area contributed by atoms with Gasteiger partial charge in [0.1, 0.15) is 12.7 Å². The number of halogens is 2. The number of carbonyl (C=O) groups is 2. The number of amides is 1. The molecule has 0 bridgehead atoms. The Morgan fingerprint density at radius 1 is 0.919 bits per heavy atom. The predicted molar refractivity (Wildman–Crippen MR) is 148 cm³/mol. The molecule has 3 N–H and O–H groups in total. The van der Waals surface area contributed by atoms with Crippen LogP contribution in [0.4, 0.5) is 5.69 Å². The van der Waals surface area contributed by atoms with Gasteiger partial charge >= 0.3 is 5.97 Å². The van der Waals surface area contributed by atoms with Crippen LogP contribution >= 0.6 is 23.2 Å². The minimum atomic E-state index is -1.36. The van der Waals surface area contributed by atoms with Crippen LogP contribution in [0.3, 0.4) is 0 Å². The van der Waals surface area contributed by atoms with Gasteiger partial charge in [-0.25, -0.2) is 0 Å². The summed E-state index contributed by atoms with van der Waals surface area (Å²) in [5.74, 6) is -1.15. The van der Waals surface area contributed by atoms with E-state index in [2.05, 4.69) is 12.2 Å². The molecular weight excluding hydrogens is 519 g/mol. The second-order valence-electron chi connectivity index (χ2n) is 9.40. The fourth-order valence-electron chi connectivity index (χ4n) is 4.03. The fourth-order valence-corrected chi connectivity index (χ4v) is 4.16. The van der Waals surface area contributed by atoms with Crippen molar-refractivity contribution in [2.45, 2.75) is 114 Å². The number of hydrogen-bond donors (Lipinski definition) is 3. The van der Waals surface area contributed by atoms with Crippen LogP contribution in [0.25, 0.3) is 0 Å². The number of nitrogens with zero attached hydrogens (tertiary/aromatic N) is 1. The number of rotatable bonds is 21. The van der Waals surface area contributed by atoms with E-state index < -0.39 is 28.9 Å². The Balaban J connectivity index is 2.31. The number of carbonyl (C=O) groups excluding carboxylic acids is 2. The molecule has 0 heterocycles. The lowest BCUT2D eigenvalue weighted by Gasteiger charge is -2.26. The first-order valence-corrected chi connectivity index (χ1v) is 14.3. The van der Waals surface area contributed by atoms with Gasteiger partial charge in [-0.3, -0.25) is 14.8 Å². The second kappa shape index (κ2) is 20.4. The Kier molecular flexibility index (Phi) is 18.4. The molecule has 0 spiro atoms. The number of anilines is 1. The summed E-state index contributed by atoms with van der Waals surface area (Å²) < 4.78 is 5.30. The zero-order valence-corrected chi connectivity index (χ0v) is 23.4. The second-order valence-corrected chi connectivity index (χ2v) is 10.5. The average molecular weight is 563 g/mol. The van der Waals surface area contributed by atoms with Crippen LogP contribution < -0.4 is 10.5 Å². The number of aliphatic hydroxyl groups is 1. The number of benzene rings is 1. The van der Waals surface area contributed by atoms with Crippen LogP contribution in [0.1, 0.15) is 108 Å². The predicted octanol–water partition coefficient (Wildman–Crippen LogP) is 6.73. The molecule has 0 saturated carbocycles. The molecule has 212 valence electrons. The van der Waals surface area contributed by atoms with Crippen molar-refractivity contribution in [2.24, 2.45) is 0 Å². The first kappa shape index (κ1) is 33.4. The Labute approximate surface area is 231 Å². The van der Waals surface area contributed by atoms with Crippen molar-refractivity contribution in [3.05, 3.63) is 35.0 Å². The third-order valence-corrected chi connectivity index (χ3v) is 6.67. The smallest absolute Gasteiger partial charge is 0.305 e. The molecule has 0 fully saturated rings. The van der Waals surface area contributed by atoms with Gasteiger partial charge in [-0.15, -0.1) is 0 Å². The summed E-state index contributed by atoms with van der Waals surface area (Å²) in [7, 11) is 0. The summed E-state index contributed by atoms with van der Waals surface area (Å²) in [6.07, 6.45) is 14.7. The minimum absolute atomic E-state index is 0.0256. The monoisotopic (exact) mass is 561 g/mol. The van der Waals surface area contributed by atoms with Crippen LogP contribution in [0.5, 0.6) is 0 Å². The molecule has 0 aromatic heterocycles. The van der Waals surface area contributed by atoms with E-state index in [-0.39, 0.29) is 23.9 Å². The van der Waals surface area contributed by atoms with Gasteiger partial charge in [-0.05, 0) is 24.1 Å². The number of ether oxygens (including phenoxy) is 1. The molecule has 0 aliphatic rings. The number of unbranched alkanes of at least 4 members (excludes halogenated alkanes) is 12. The highest BCUT2D eigenvalue weighted by atomic mass is 35.5. The maximum Gasteiger partial charge on any atom is 0.305 e. The third kappa shape index (κ3) is 15.4. The van der Waals surface area contributed by atoms with Crippen LogP contribution in [0, 0.1) is 5.21 Å². The molecule has 37 heavy (non-hydrogen) atoms. The molecule has 1 aromatic rings. The first-order valence-electron chi connectivity index (χ1n) is 13.4. The zero-order valence-electron chi connectivity index (χ0n) is 21.9. The molecule has 0 aliphatic carbocycles. The standard InChI is InChI=1S/C27H43Cl2N2O6/c1-2-3-4-5-6-7-8-9-10-11-12-13-14-15-24(32)37-20-23(30-27(34)26(28)29)25(33)21-16-18-22(19-17-21)31(35)36/h16-19,23,25-26,33,35H,2-15,20H2,1H3,(H,30,34)/q-1. The van der Waals surface area contributed by atoms with Gasteiger partial charge in [-0.1, -0.05) is 119 Å². The maximum absolute atomic E-state index is 12.2. The molecule has 1 aromatic carbocycles. The van der Waals surface area contributed by atoms with Crippen LogP contribution in [0.2, 0.25) is 0 Å². The molecule has 2 atom stereocenters. The highest BCUT2D eigenvalue weighted by Gasteiger charge is 2.26. The van der Waals surface area contributed by atoms with Crippen LogP contribution in [-0.4, -0.2) is 39.7 Å². The molecular formula is C27H43Cl2N2O6-. The van der Waals surface area contributed by atoms with Crippen molar-refractivity contribution in [1.82, 2.24) is 5.32 Å². The van der Waals surface area contributed by atoms with Gasteiger partial charge in [-0.2, -0.15) is 0 Å². The lowest BCUT2D eigenvalue weighted by molar-refractivity contribution is -0.146. The maximum atomic E-state index is 12.2. The summed E-state index contributed by atoms with van der Waals surface area (Å²) in [5.41, 5.74) is 0.312. The highest BCUT2D eigenvalue weighted by molar-refractivity contribution is 6.53. The Morgan fingerprint density at radius 3 is 1.86 bits per heavy atom. The van der Waals surface area contributed by atoms with E-state index in [9.17, 15) is 19.9 Å². The molecule has 2 unspecified atom stereocenters. The molecule has 8 nitrogen and oxygen atoms in total. The largest absolute Gasteiger partial charge is 0.733 e. The first-order chi connectivity index (χ1) is 17.8. The summed E-state index contributed by atoms with van der Waals surface area (Å²) >= 11 is 11.2. The van der Waals surface area contributed by atoms with E-state index in [0.29, 0.717) is 5.56 Å². The summed E-state index contributed by atoms with van der Waals surface area (Å²) in [4.78, 5) is 22.8. The Bertz CT molecular complexity index is 749.